The van der Waals surface area contributed by atoms with Gasteiger partial charge >= 0.3 is 0 Å². The summed E-state index contributed by atoms with van der Waals surface area (Å²) in [6.45, 7) is 4.04. The molecule has 2 N–H and O–H groups in total. The fourth-order valence-electron chi connectivity index (χ4n) is 2.63. The molecule has 1 fully saturated rings. The first-order valence-electron chi connectivity index (χ1n) is 8.13. The summed E-state index contributed by atoms with van der Waals surface area (Å²) in [5.74, 6) is 1.55. The maximum absolute atomic E-state index is 10.2. The second kappa shape index (κ2) is 9.25. The van der Waals surface area contributed by atoms with Crippen LogP contribution in [0.2, 0.25) is 0 Å². The van der Waals surface area contributed by atoms with Crippen molar-refractivity contribution in [3.63, 3.8) is 0 Å². The highest BCUT2D eigenvalue weighted by atomic mass is 16.5. The van der Waals surface area contributed by atoms with E-state index in [1.54, 1.807) is 20.3 Å². The molecule has 23 heavy (non-hydrogen) atoms. The average molecular weight is 321 g/mol. The van der Waals surface area contributed by atoms with E-state index in [0.717, 1.165) is 44.2 Å². The van der Waals surface area contributed by atoms with Crippen molar-refractivity contribution < 1.29 is 14.6 Å². The van der Waals surface area contributed by atoms with Gasteiger partial charge in [-0.2, -0.15) is 0 Å². The summed E-state index contributed by atoms with van der Waals surface area (Å²) < 4.78 is 10.2. The predicted octanol–water partition coefficient (Wildman–Crippen LogP) is 1.98. The average Bonchev–Trinajstić information content (AvgIpc) is 3.10. The van der Waals surface area contributed by atoms with Crippen LogP contribution >= 0.6 is 0 Å². The van der Waals surface area contributed by atoms with Crippen LogP contribution in [0.1, 0.15) is 24.8 Å². The molecule has 2 rings (SSSR count). The zero-order valence-electron chi connectivity index (χ0n) is 14.0. The second-order valence-electron chi connectivity index (χ2n) is 5.58. The van der Waals surface area contributed by atoms with E-state index in [2.05, 4.69) is 15.2 Å². The highest BCUT2D eigenvalue weighted by Crippen LogP contribution is 2.29. The summed E-state index contributed by atoms with van der Waals surface area (Å²) >= 11 is 0. The first kappa shape index (κ1) is 17.4. The monoisotopic (exact) mass is 321 g/mol. The molecule has 0 radical (unpaired) electrons. The lowest BCUT2D eigenvalue weighted by atomic mass is 10.2. The molecule has 1 saturated heterocycles. The molecule has 0 bridgehead atoms. The Morgan fingerprint density at radius 1 is 1.30 bits per heavy atom. The lowest BCUT2D eigenvalue weighted by Gasteiger charge is -2.21. The van der Waals surface area contributed by atoms with E-state index in [4.69, 9.17) is 9.47 Å². The van der Waals surface area contributed by atoms with Gasteiger partial charge in [0.2, 0.25) is 0 Å². The van der Waals surface area contributed by atoms with Crippen molar-refractivity contribution in [2.24, 2.45) is 4.99 Å². The van der Waals surface area contributed by atoms with Gasteiger partial charge in [-0.15, -0.1) is 0 Å². The van der Waals surface area contributed by atoms with E-state index in [-0.39, 0.29) is 5.75 Å². The number of ether oxygens (including phenoxy) is 2. The van der Waals surface area contributed by atoms with Crippen LogP contribution in [-0.4, -0.2) is 56.4 Å². The molecule has 0 aromatic heterocycles. The Bertz CT molecular complexity index is 514. The van der Waals surface area contributed by atoms with Crippen molar-refractivity contribution in [1.82, 2.24) is 10.2 Å². The topological polar surface area (TPSA) is 66.3 Å². The van der Waals surface area contributed by atoms with Gasteiger partial charge in [0.1, 0.15) is 0 Å². The largest absolute Gasteiger partial charge is 0.504 e. The molecule has 0 spiro atoms. The third-order valence-electron chi connectivity index (χ3n) is 3.92. The van der Waals surface area contributed by atoms with Crippen LogP contribution in [-0.2, 0) is 11.3 Å². The zero-order chi connectivity index (χ0) is 16.5. The Kier molecular flexibility index (Phi) is 7.00. The number of rotatable bonds is 7. The SMILES string of the molecule is COCCCNC(=NCc1cccc(OC)c1O)N1CCCC1. The van der Waals surface area contributed by atoms with Gasteiger partial charge in [0.25, 0.3) is 0 Å². The number of guanidine groups is 1. The van der Waals surface area contributed by atoms with E-state index in [9.17, 15) is 5.11 Å². The van der Waals surface area contributed by atoms with E-state index in [0.29, 0.717) is 12.3 Å². The molecule has 128 valence electrons. The molecule has 6 nitrogen and oxygen atoms in total. The third kappa shape index (κ3) is 5.03. The summed E-state index contributed by atoms with van der Waals surface area (Å²) in [6.07, 6.45) is 3.33. The molecule has 0 unspecified atom stereocenters. The number of benzene rings is 1. The fraction of sp³-hybridized carbons (Fsp3) is 0.588. The number of aromatic hydroxyl groups is 1. The Hall–Kier alpha value is -1.95. The van der Waals surface area contributed by atoms with E-state index >= 15 is 0 Å². The number of methoxy groups -OCH3 is 2. The number of para-hydroxylation sites is 1. The zero-order valence-corrected chi connectivity index (χ0v) is 14.0. The van der Waals surface area contributed by atoms with Crippen LogP contribution in [0, 0.1) is 0 Å². The second-order valence-corrected chi connectivity index (χ2v) is 5.58. The van der Waals surface area contributed by atoms with Crippen LogP contribution in [0.15, 0.2) is 23.2 Å². The summed E-state index contributed by atoms with van der Waals surface area (Å²) in [7, 11) is 3.26. The third-order valence-corrected chi connectivity index (χ3v) is 3.92. The molecule has 6 heteroatoms. The van der Waals surface area contributed by atoms with Crippen LogP contribution in [0.5, 0.6) is 11.5 Å². The minimum Gasteiger partial charge on any atom is -0.504 e. The van der Waals surface area contributed by atoms with Gasteiger partial charge in [-0.25, -0.2) is 4.99 Å². The van der Waals surface area contributed by atoms with Crippen LogP contribution < -0.4 is 10.1 Å². The van der Waals surface area contributed by atoms with Gasteiger partial charge in [0.05, 0.1) is 13.7 Å². The number of hydrogen-bond acceptors (Lipinski definition) is 4. The van der Waals surface area contributed by atoms with E-state index in [1.165, 1.54) is 12.8 Å². The van der Waals surface area contributed by atoms with E-state index in [1.807, 2.05) is 12.1 Å². The van der Waals surface area contributed by atoms with Crippen molar-refractivity contribution in [2.45, 2.75) is 25.8 Å². The van der Waals surface area contributed by atoms with Gasteiger partial charge in [0.15, 0.2) is 17.5 Å². The Balaban J connectivity index is 2.03. The first-order chi connectivity index (χ1) is 11.3. The summed E-state index contributed by atoms with van der Waals surface area (Å²) in [5.41, 5.74) is 0.764. The summed E-state index contributed by atoms with van der Waals surface area (Å²) in [5, 5.41) is 13.6. The van der Waals surface area contributed by atoms with Crippen molar-refractivity contribution in [2.75, 3.05) is 40.5 Å². The molecule has 1 aromatic rings. The molecule has 0 saturated carbocycles. The van der Waals surface area contributed by atoms with Gasteiger partial charge in [-0.1, -0.05) is 12.1 Å². The van der Waals surface area contributed by atoms with Gasteiger partial charge < -0.3 is 24.8 Å². The predicted molar refractivity (Wildman–Crippen MR) is 91.1 cm³/mol. The fourth-order valence-corrected chi connectivity index (χ4v) is 2.63. The maximum Gasteiger partial charge on any atom is 0.194 e. The number of nitrogens with zero attached hydrogens (tertiary/aromatic N) is 2. The smallest absolute Gasteiger partial charge is 0.194 e. The molecule has 0 amide bonds. The molecule has 0 aliphatic carbocycles. The standard InChI is InChI=1S/C17H27N3O3/c1-22-12-6-9-18-17(20-10-3-4-11-20)19-13-14-7-5-8-15(23-2)16(14)21/h5,7-8,21H,3-4,6,9-13H2,1-2H3,(H,18,19). The summed E-state index contributed by atoms with van der Waals surface area (Å²) in [4.78, 5) is 6.95. The Morgan fingerprint density at radius 3 is 2.78 bits per heavy atom. The molecular formula is C17H27N3O3. The minimum atomic E-state index is 0.166. The minimum absolute atomic E-state index is 0.166. The molecule has 1 heterocycles. The Labute approximate surface area is 138 Å². The molecule has 0 atom stereocenters. The molecule has 1 aliphatic rings. The summed E-state index contributed by atoms with van der Waals surface area (Å²) in [6, 6.07) is 5.48. The lowest BCUT2D eigenvalue weighted by molar-refractivity contribution is 0.195. The lowest BCUT2D eigenvalue weighted by Crippen LogP contribution is -2.40. The Morgan fingerprint density at radius 2 is 2.09 bits per heavy atom. The van der Waals surface area contributed by atoms with Crippen molar-refractivity contribution in [3.8, 4) is 11.5 Å². The number of hydrogen-bond donors (Lipinski definition) is 2. The highest BCUT2D eigenvalue weighted by Gasteiger charge is 2.16. The van der Waals surface area contributed by atoms with Gasteiger partial charge in [-0.3, -0.25) is 0 Å². The normalized spacial score (nSPS) is 15.0. The number of aliphatic imine (C=N–C) groups is 1. The van der Waals surface area contributed by atoms with Crippen molar-refractivity contribution in [1.29, 1.82) is 0 Å². The maximum atomic E-state index is 10.2. The molecule has 1 aliphatic heterocycles. The van der Waals surface area contributed by atoms with E-state index < -0.39 is 0 Å². The molecular weight excluding hydrogens is 294 g/mol. The number of phenolic OH excluding ortho intramolecular Hbond substituents is 1. The van der Waals surface area contributed by atoms with Crippen LogP contribution in [0.3, 0.4) is 0 Å². The van der Waals surface area contributed by atoms with Gasteiger partial charge in [0, 0.05) is 38.9 Å². The van der Waals surface area contributed by atoms with Crippen molar-refractivity contribution in [3.05, 3.63) is 23.8 Å². The quantitative estimate of drug-likeness (QED) is 0.457. The number of nitrogens with one attached hydrogen (secondary N) is 1. The van der Waals surface area contributed by atoms with Crippen LogP contribution in [0.25, 0.3) is 0 Å². The number of phenols is 1. The number of likely N-dealkylation sites (tertiary alicyclic amines) is 1. The van der Waals surface area contributed by atoms with Gasteiger partial charge in [-0.05, 0) is 25.3 Å². The van der Waals surface area contributed by atoms with Crippen LogP contribution in [0.4, 0.5) is 0 Å². The first-order valence-corrected chi connectivity index (χ1v) is 8.13. The highest BCUT2D eigenvalue weighted by molar-refractivity contribution is 5.80. The van der Waals surface area contributed by atoms with Crippen molar-refractivity contribution >= 4 is 5.96 Å². The molecule has 1 aromatic carbocycles.